The van der Waals surface area contributed by atoms with Gasteiger partial charge in [-0.25, -0.2) is 0 Å². The summed E-state index contributed by atoms with van der Waals surface area (Å²) < 4.78 is 35.3. The third-order valence-electron chi connectivity index (χ3n) is 6.55. The number of benzene rings is 1. The van der Waals surface area contributed by atoms with E-state index < -0.39 is 18.0 Å². The third kappa shape index (κ3) is 3.55. The number of ether oxygens (including phenoxy) is 6. The largest absolute Gasteiger partial charge is 0.469 e. The lowest BCUT2D eigenvalue weighted by molar-refractivity contribution is -0.301. The van der Waals surface area contributed by atoms with Gasteiger partial charge in [-0.1, -0.05) is 30.3 Å². The zero-order chi connectivity index (χ0) is 20.7. The van der Waals surface area contributed by atoms with Gasteiger partial charge >= 0.3 is 5.97 Å². The van der Waals surface area contributed by atoms with Gasteiger partial charge in [0.15, 0.2) is 5.79 Å². The lowest BCUT2D eigenvalue weighted by Gasteiger charge is -2.49. The zero-order valence-electron chi connectivity index (χ0n) is 17.0. The molecular weight excluding hydrogens is 392 g/mol. The Balaban J connectivity index is 1.21. The number of aliphatic hydroxyl groups excluding tert-OH is 1. The Bertz CT molecular complexity index is 757. The molecule has 0 spiro atoms. The van der Waals surface area contributed by atoms with Crippen LogP contribution in [0, 0.1) is 0 Å². The molecule has 0 aliphatic carbocycles. The fourth-order valence-corrected chi connectivity index (χ4v) is 5.04. The highest BCUT2D eigenvalue weighted by atomic mass is 16.8. The van der Waals surface area contributed by atoms with Gasteiger partial charge in [-0.05, 0) is 18.4 Å². The van der Waals surface area contributed by atoms with Crippen LogP contribution in [0.5, 0.6) is 0 Å². The van der Waals surface area contributed by atoms with Gasteiger partial charge in [0, 0.05) is 6.42 Å². The minimum atomic E-state index is -1.14. The van der Waals surface area contributed by atoms with Crippen molar-refractivity contribution >= 4 is 5.97 Å². The number of rotatable bonds is 7. The van der Waals surface area contributed by atoms with Crippen molar-refractivity contribution in [3.05, 3.63) is 35.9 Å². The Kier molecular flexibility index (Phi) is 5.55. The predicted octanol–water partition coefficient (Wildman–Crippen LogP) is 1.33. The lowest BCUT2D eigenvalue weighted by atomic mass is 9.85. The first-order valence-corrected chi connectivity index (χ1v) is 10.6. The van der Waals surface area contributed by atoms with Gasteiger partial charge in [-0.3, -0.25) is 4.79 Å². The number of aliphatic hydroxyl groups is 1. The molecule has 5 rings (SSSR count). The van der Waals surface area contributed by atoms with E-state index in [1.54, 1.807) is 0 Å². The Labute approximate surface area is 175 Å². The van der Waals surface area contributed by atoms with Crippen molar-refractivity contribution in [2.45, 2.75) is 80.8 Å². The molecule has 4 aliphatic heterocycles. The van der Waals surface area contributed by atoms with Crippen molar-refractivity contribution in [3.8, 4) is 0 Å². The van der Waals surface area contributed by atoms with Gasteiger partial charge < -0.3 is 33.5 Å². The van der Waals surface area contributed by atoms with Crippen molar-refractivity contribution in [1.82, 2.24) is 0 Å². The van der Waals surface area contributed by atoms with Crippen LogP contribution in [-0.2, 0) is 39.8 Å². The Morgan fingerprint density at radius 1 is 1.10 bits per heavy atom. The smallest absolute Gasteiger partial charge is 0.308 e. The first-order valence-electron chi connectivity index (χ1n) is 10.6. The van der Waals surface area contributed by atoms with Gasteiger partial charge in [0.05, 0.1) is 39.0 Å². The standard InChI is InChI=1S/C22H28O8/c1-25-16(23)11-14-7-8-15-17(27-14)18-19-20(28-15)21(24)22(29-18,30-19)9-10-26-12-13-5-3-2-4-6-13/h2-6,14-15,17-21,24H,7-12H2,1H3/t14?,15-,17-,18-,19-,20+,21-,22-/m0/s1. The van der Waals surface area contributed by atoms with E-state index in [9.17, 15) is 9.90 Å². The molecule has 4 saturated heterocycles. The topological polar surface area (TPSA) is 92.7 Å². The zero-order valence-corrected chi connectivity index (χ0v) is 17.0. The highest BCUT2D eigenvalue weighted by molar-refractivity contribution is 5.69. The lowest BCUT2D eigenvalue weighted by Crippen LogP contribution is -2.65. The number of fused-ring (bicyclic) bond motifs is 3. The molecule has 0 radical (unpaired) electrons. The molecule has 0 amide bonds. The minimum absolute atomic E-state index is 0.172. The van der Waals surface area contributed by atoms with Crippen LogP contribution >= 0.6 is 0 Å². The van der Waals surface area contributed by atoms with E-state index in [2.05, 4.69) is 0 Å². The summed E-state index contributed by atoms with van der Waals surface area (Å²) in [6.07, 6.45) is -0.670. The Morgan fingerprint density at radius 2 is 1.87 bits per heavy atom. The maximum absolute atomic E-state index is 11.6. The van der Waals surface area contributed by atoms with E-state index in [1.165, 1.54) is 7.11 Å². The van der Waals surface area contributed by atoms with Gasteiger partial charge in [0.1, 0.15) is 30.5 Å². The van der Waals surface area contributed by atoms with Crippen LogP contribution in [0.3, 0.4) is 0 Å². The molecular formula is C22H28O8. The second-order valence-corrected chi connectivity index (χ2v) is 8.43. The van der Waals surface area contributed by atoms with Crippen LogP contribution in [0.4, 0.5) is 0 Å². The first-order chi connectivity index (χ1) is 14.6. The van der Waals surface area contributed by atoms with Gasteiger partial charge in [-0.15, -0.1) is 0 Å². The summed E-state index contributed by atoms with van der Waals surface area (Å²) in [7, 11) is 1.38. The van der Waals surface area contributed by atoms with Crippen LogP contribution in [0.2, 0.25) is 0 Å². The molecule has 164 valence electrons. The maximum atomic E-state index is 11.6. The molecule has 4 aliphatic rings. The number of carbonyl (C=O) groups is 1. The molecule has 4 fully saturated rings. The number of carbonyl (C=O) groups excluding carboxylic acids is 1. The fourth-order valence-electron chi connectivity index (χ4n) is 5.04. The normalized spacial score (nSPS) is 41.5. The molecule has 0 saturated carbocycles. The highest BCUT2D eigenvalue weighted by Gasteiger charge is 2.70. The van der Waals surface area contributed by atoms with E-state index in [0.717, 1.165) is 12.0 Å². The summed E-state index contributed by atoms with van der Waals surface area (Å²) in [6.45, 7) is 0.876. The van der Waals surface area contributed by atoms with E-state index in [1.807, 2.05) is 30.3 Å². The number of esters is 1. The highest BCUT2D eigenvalue weighted by Crippen LogP contribution is 2.52. The monoisotopic (exact) mass is 420 g/mol. The van der Waals surface area contributed by atoms with Crippen LogP contribution in [0.1, 0.15) is 31.2 Å². The van der Waals surface area contributed by atoms with Crippen LogP contribution < -0.4 is 0 Å². The molecule has 8 heteroatoms. The van der Waals surface area contributed by atoms with Gasteiger partial charge in [-0.2, -0.15) is 0 Å². The summed E-state index contributed by atoms with van der Waals surface area (Å²) >= 11 is 0. The van der Waals surface area contributed by atoms with Crippen LogP contribution in [-0.4, -0.2) is 73.3 Å². The summed E-state index contributed by atoms with van der Waals surface area (Å²) in [5.74, 6) is -1.43. The molecule has 8 atom stereocenters. The molecule has 1 unspecified atom stereocenters. The molecule has 1 aromatic carbocycles. The average molecular weight is 420 g/mol. The summed E-state index contributed by atoms with van der Waals surface area (Å²) in [4.78, 5) is 11.6. The van der Waals surface area contributed by atoms with Gasteiger partial charge in [0.25, 0.3) is 0 Å². The average Bonchev–Trinajstić information content (AvgIpc) is 3.29. The van der Waals surface area contributed by atoms with E-state index in [-0.39, 0.29) is 42.9 Å². The maximum Gasteiger partial charge on any atom is 0.308 e. The van der Waals surface area contributed by atoms with Crippen molar-refractivity contribution in [1.29, 1.82) is 0 Å². The number of hydrogen-bond acceptors (Lipinski definition) is 8. The number of methoxy groups -OCH3 is 1. The summed E-state index contributed by atoms with van der Waals surface area (Å²) in [6, 6.07) is 9.92. The van der Waals surface area contributed by atoms with Crippen molar-refractivity contribution < 1.29 is 38.3 Å². The molecule has 8 nitrogen and oxygen atoms in total. The quantitative estimate of drug-likeness (QED) is 0.522. The summed E-state index contributed by atoms with van der Waals surface area (Å²) in [5.41, 5.74) is 1.09. The molecule has 1 aromatic rings. The van der Waals surface area contributed by atoms with Crippen LogP contribution in [0.15, 0.2) is 30.3 Å². The molecule has 30 heavy (non-hydrogen) atoms. The van der Waals surface area contributed by atoms with E-state index in [0.29, 0.717) is 26.1 Å². The second-order valence-electron chi connectivity index (χ2n) is 8.43. The van der Waals surface area contributed by atoms with Gasteiger partial charge in [0.2, 0.25) is 0 Å². The molecule has 1 N–H and O–H groups in total. The van der Waals surface area contributed by atoms with E-state index >= 15 is 0 Å². The summed E-state index contributed by atoms with van der Waals surface area (Å²) in [5, 5.41) is 10.9. The Morgan fingerprint density at radius 3 is 2.63 bits per heavy atom. The molecule has 2 bridgehead atoms. The molecule has 4 heterocycles. The minimum Gasteiger partial charge on any atom is -0.469 e. The SMILES string of the molecule is COC(=O)CC1CC[C@@H]2O[C@@H]3[C@H]4O[C@](CCOCc5ccccc5)(O[C@H]4[C@H]2O1)[C@H]3O. The first kappa shape index (κ1) is 20.4. The van der Waals surface area contributed by atoms with E-state index in [4.69, 9.17) is 28.4 Å². The van der Waals surface area contributed by atoms with Crippen molar-refractivity contribution in [2.24, 2.45) is 0 Å². The molecule has 0 aromatic heterocycles. The third-order valence-corrected chi connectivity index (χ3v) is 6.55. The second kappa shape index (κ2) is 8.18. The fraction of sp³-hybridized carbons (Fsp3) is 0.682. The van der Waals surface area contributed by atoms with Crippen molar-refractivity contribution in [3.63, 3.8) is 0 Å². The number of hydrogen-bond donors (Lipinski definition) is 1. The predicted molar refractivity (Wildman–Crippen MR) is 102 cm³/mol. The Hall–Kier alpha value is -1.55. The van der Waals surface area contributed by atoms with Crippen molar-refractivity contribution in [2.75, 3.05) is 13.7 Å². The van der Waals surface area contributed by atoms with Crippen LogP contribution in [0.25, 0.3) is 0 Å².